The monoisotopic (exact) mass is 265 g/mol. The molecule has 3 N–H and O–H groups in total. The van der Waals surface area contributed by atoms with Crippen LogP contribution in [0.2, 0.25) is 5.02 Å². The van der Waals surface area contributed by atoms with Crippen molar-refractivity contribution in [3.8, 4) is 0 Å². The first kappa shape index (κ1) is 12.0. The normalized spacial score (nSPS) is 19.1. The lowest BCUT2D eigenvalue weighted by atomic mass is 10.2. The second kappa shape index (κ2) is 4.23. The molecule has 1 aliphatic carbocycles. The van der Waals surface area contributed by atoms with Crippen molar-refractivity contribution in [2.45, 2.75) is 38.0 Å². The van der Waals surface area contributed by atoms with Crippen molar-refractivity contribution in [3.05, 3.63) is 29.0 Å². The summed E-state index contributed by atoms with van der Waals surface area (Å²) in [6.45, 7) is 1.68. The molecular formula is C13H16ClN3O. The molecule has 2 aromatic rings. The molecule has 0 saturated heterocycles. The molecule has 0 radical (unpaired) electrons. The van der Waals surface area contributed by atoms with Gasteiger partial charge >= 0.3 is 0 Å². The number of aliphatic hydroxyl groups excluding tert-OH is 1. The first-order chi connectivity index (χ1) is 8.59. The van der Waals surface area contributed by atoms with Gasteiger partial charge in [-0.25, -0.2) is 4.98 Å². The molecule has 2 unspecified atom stereocenters. The topological polar surface area (TPSA) is 64.1 Å². The third-order valence-electron chi connectivity index (χ3n) is 3.42. The van der Waals surface area contributed by atoms with Crippen LogP contribution in [0.3, 0.4) is 0 Å². The summed E-state index contributed by atoms with van der Waals surface area (Å²) in [6, 6.07) is 5.62. The number of nitrogens with two attached hydrogens (primary N) is 1. The van der Waals surface area contributed by atoms with Crippen LogP contribution >= 0.6 is 11.6 Å². The minimum Gasteiger partial charge on any atom is -0.391 e. The highest BCUT2D eigenvalue weighted by atomic mass is 35.5. The van der Waals surface area contributed by atoms with E-state index in [1.807, 2.05) is 18.2 Å². The fourth-order valence-corrected chi connectivity index (χ4v) is 2.54. The van der Waals surface area contributed by atoms with Crippen LogP contribution in [0.5, 0.6) is 0 Å². The van der Waals surface area contributed by atoms with E-state index in [0.29, 0.717) is 11.1 Å². The van der Waals surface area contributed by atoms with Gasteiger partial charge in [-0.1, -0.05) is 17.7 Å². The van der Waals surface area contributed by atoms with Crippen LogP contribution in [0, 0.1) is 0 Å². The zero-order chi connectivity index (χ0) is 12.9. The highest BCUT2D eigenvalue weighted by molar-refractivity contribution is 6.35. The molecule has 1 fully saturated rings. The maximum Gasteiger partial charge on any atom is 0.129 e. The van der Waals surface area contributed by atoms with E-state index in [0.717, 1.165) is 29.7 Å². The summed E-state index contributed by atoms with van der Waals surface area (Å²) < 4.78 is 2.11. The Kier molecular flexibility index (Phi) is 2.81. The number of nitrogens with zero attached hydrogens (tertiary/aromatic N) is 2. The van der Waals surface area contributed by atoms with Gasteiger partial charge in [-0.05, 0) is 31.9 Å². The lowest BCUT2D eigenvalue weighted by Gasteiger charge is -2.16. The van der Waals surface area contributed by atoms with Crippen molar-refractivity contribution in [3.63, 3.8) is 0 Å². The zero-order valence-electron chi connectivity index (χ0n) is 10.2. The third-order valence-corrected chi connectivity index (χ3v) is 3.72. The molecule has 4 nitrogen and oxygen atoms in total. The number of fused-ring (bicyclic) bond motifs is 1. The third kappa shape index (κ3) is 1.81. The van der Waals surface area contributed by atoms with E-state index in [1.54, 1.807) is 6.92 Å². The van der Waals surface area contributed by atoms with Crippen LogP contribution in [0.1, 0.15) is 37.7 Å². The number of rotatable bonds is 3. The van der Waals surface area contributed by atoms with E-state index in [-0.39, 0.29) is 0 Å². The molecule has 1 saturated carbocycles. The smallest absolute Gasteiger partial charge is 0.129 e. The molecule has 1 heterocycles. The summed E-state index contributed by atoms with van der Waals surface area (Å²) in [7, 11) is 0. The van der Waals surface area contributed by atoms with Gasteiger partial charge in [-0.3, -0.25) is 0 Å². The summed E-state index contributed by atoms with van der Waals surface area (Å²) in [6.07, 6.45) is 1.62. The van der Waals surface area contributed by atoms with Gasteiger partial charge in [0, 0.05) is 6.04 Å². The molecular weight excluding hydrogens is 250 g/mol. The van der Waals surface area contributed by atoms with Gasteiger partial charge in [-0.15, -0.1) is 0 Å². The van der Waals surface area contributed by atoms with Crippen LogP contribution in [0.25, 0.3) is 11.0 Å². The average molecular weight is 266 g/mol. The van der Waals surface area contributed by atoms with E-state index in [9.17, 15) is 5.11 Å². The number of hydrogen-bond acceptors (Lipinski definition) is 3. The summed E-state index contributed by atoms with van der Waals surface area (Å²) in [5.74, 6) is 0.732. The predicted molar refractivity (Wildman–Crippen MR) is 71.6 cm³/mol. The predicted octanol–water partition coefficient (Wildman–Crippen LogP) is 2.41. The molecule has 0 spiro atoms. The summed E-state index contributed by atoms with van der Waals surface area (Å²) in [5.41, 5.74) is 7.83. The van der Waals surface area contributed by atoms with E-state index < -0.39 is 12.1 Å². The Balaban J connectivity index is 2.25. The minimum absolute atomic E-state index is 0.426. The number of halogens is 1. The van der Waals surface area contributed by atoms with Gasteiger partial charge in [0.15, 0.2) is 0 Å². The largest absolute Gasteiger partial charge is 0.391 e. The second-order valence-corrected chi connectivity index (χ2v) is 5.35. The molecule has 0 amide bonds. The van der Waals surface area contributed by atoms with Crippen LogP contribution in [-0.4, -0.2) is 20.8 Å². The molecule has 1 aromatic carbocycles. The Morgan fingerprint density at radius 3 is 2.83 bits per heavy atom. The number of aromatic nitrogens is 2. The Labute approximate surface area is 110 Å². The van der Waals surface area contributed by atoms with Gasteiger partial charge in [0.2, 0.25) is 0 Å². The summed E-state index contributed by atoms with van der Waals surface area (Å²) >= 11 is 6.27. The fourth-order valence-electron chi connectivity index (χ4n) is 2.28. The highest BCUT2D eigenvalue weighted by Crippen LogP contribution is 2.41. The maximum absolute atomic E-state index is 9.68. The Morgan fingerprint density at radius 2 is 2.22 bits per heavy atom. The Hall–Kier alpha value is -1.10. The first-order valence-corrected chi connectivity index (χ1v) is 6.57. The van der Waals surface area contributed by atoms with Gasteiger partial charge < -0.3 is 15.4 Å². The van der Waals surface area contributed by atoms with Gasteiger partial charge in [0.05, 0.1) is 28.2 Å². The van der Waals surface area contributed by atoms with Gasteiger partial charge in [-0.2, -0.15) is 0 Å². The number of para-hydroxylation sites is 1. The van der Waals surface area contributed by atoms with Gasteiger partial charge in [0.25, 0.3) is 0 Å². The van der Waals surface area contributed by atoms with Crippen molar-refractivity contribution in [1.82, 2.24) is 9.55 Å². The number of benzene rings is 1. The summed E-state index contributed by atoms with van der Waals surface area (Å²) in [4.78, 5) is 4.55. The van der Waals surface area contributed by atoms with Crippen LogP contribution in [0.15, 0.2) is 18.2 Å². The molecule has 96 valence electrons. The average Bonchev–Trinajstić information content (AvgIpc) is 3.09. The van der Waals surface area contributed by atoms with Crippen LogP contribution in [-0.2, 0) is 0 Å². The maximum atomic E-state index is 9.68. The lowest BCUT2D eigenvalue weighted by Crippen LogP contribution is -2.26. The van der Waals surface area contributed by atoms with E-state index in [1.165, 1.54) is 0 Å². The van der Waals surface area contributed by atoms with Crippen molar-refractivity contribution in [1.29, 1.82) is 0 Å². The fraction of sp³-hybridized carbons (Fsp3) is 0.462. The van der Waals surface area contributed by atoms with E-state index in [4.69, 9.17) is 17.3 Å². The standard InChI is InChI=1S/C13H16ClN3O/c1-7(18)11(15)13-16-10-4-2-3-9(14)12(10)17(13)8-5-6-8/h2-4,7-8,11,18H,5-6,15H2,1H3. The lowest BCUT2D eigenvalue weighted by molar-refractivity contribution is 0.159. The van der Waals surface area contributed by atoms with Gasteiger partial charge in [0.1, 0.15) is 5.82 Å². The van der Waals surface area contributed by atoms with E-state index >= 15 is 0 Å². The molecule has 1 aliphatic rings. The second-order valence-electron chi connectivity index (χ2n) is 4.95. The molecule has 0 bridgehead atoms. The van der Waals surface area contributed by atoms with Crippen molar-refractivity contribution >= 4 is 22.6 Å². The van der Waals surface area contributed by atoms with Crippen LogP contribution < -0.4 is 5.73 Å². The molecule has 0 aliphatic heterocycles. The Bertz CT molecular complexity index is 589. The number of hydrogen-bond donors (Lipinski definition) is 2. The van der Waals surface area contributed by atoms with Crippen molar-refractivity contribution in [2.24, 2.45) is 5.73 Å². The van der Waals surface area contributed by atoms with Crippen molar-refractivity contribution in [2.75, 3.05) is 0 Å². The molecule has 5 heteroatoms. The minimum atomic E-state index is -0.627. The zero-order valence-corrected chi connectivity index (χ0v) is 10.9. The Morgan fingerprint density at radius 1 is 1.50 bits per heavy atom. The molecule has 2 atom stereocenters. The number of aliphatic hydroxyl groups is 1. The van der Waals surface area contributed by atoms with Crippen LogP contribution in [0.4, 0.5) is 0 Å². The highest BCUT2D eigenvalue weighted by Gasteiger charge is 2.31. The molecule has 1 aromatic heterocycles. The SMILES string of the molecule is CC(O)C(N)c1nc2cccc(Cl)c2n1C1CC1. The number of imidazole rings is 1. The molecule has 3 rings (SSSR count). The summed E-state index contributed by atoms with van der Waals surface area (Å²) in [5, 5.41) is 10.4. The molecule has 18 heavy (non-hydrogen) atoms. The van der Waals surface area contributed by atoms with E-state index in [2.05, 4.69) is 9.55 Å². The van der Waals surface area contributed by atoms with Crippen molar-refractivity contribution < 1.29 is 5.11 Å². The quantitative estimate of drug-likeness (QED) is 0.896. The first-order valence-electron chi connectivity index (χ1n) is 6.19.